The molecule has 10 nitrogen and oxygen atoms in total. The van der Waals surface area contributed by atoms with Crippen LogP contribution in [0.2, 0.25) is 0 Å². The molecule has 3 aromatic rings. The Morgan fingerprint density at radius 1 is 1.09 bits per heavy atom. The molecule has 3 N–H and O–H groups in total. The zero-order chi connectivity index (χ0) is 24.4. The van der Waals surface area contributed by atoms with Gasteiger partial charge in [0.05, 0.1) is 12.4 Å². The Kier molecular flexibility index (Phi) is 5.10. The lowest BCUT2D eigenvalue weighted by atomic mass is 9.92. The predicted octanol–water partition coefficient (Wildman–Crippen LogP) is 1.43. The summed E-state index contributed by atoms with van der Waals surface area (Å²) in [6.45, 7) is -1.02. The van der Waals surface area contributed by atoms with Gasteiger partial charge in [0.1, 0.15) is 11.4 Å². The summed E-state index contributed by atoms with van der Waals surface area (Å²) >= 11 is 0. The Balaban J connectivity index is 1.73. The molecule has 180 valence electrons. The van der Waals surface area contributed by atoms with Gasteiger partial charge in [-0.1, -0.05) is 0 Å². The molecule has 1 saturated heterocycles. The molecule has 0 aliphatic carbocycles. The fraction of sp³-hybridized carbons (Fsp3) is 0.400. The van der Waals surface area contributed by atoms with Crippen LogP contribution in [-0.4, -0.2) is 56.7 Å². The maximum atomic E-state index is 13.5. The fourth-order valence-corrected chi connectivity index (χ4v) is 4.17. The average Bonchev–Trinajstić information content (AvgIpc) is 3.25. The third-order valence-electron chi connectivity index (χ3n) is 4.94. The van der Waals surface area contributed by atoms with Crippen LogP contribution in [0, 0.1) is 5.82 Å². The molecule has 4 rings (SSSR count). The Morgan fingerprint density at radius 3 is 2.24 bits per heavy atom. The molecule has 0 spiro atoms. The number of nitrogens with zero attached hydrogens (tertiary/aromatic N) is 6. The van der Waals surface area contributed by atoms with Gasteiger partial charge in [-0.25, -0.2) is 14.5 Å². The number of alkyl halides is 6. The standard InChI is InChI=1S/C15H13F7N8O2S/c16-8-3-25-29(4-8)13(6-28(7-13)33(23,31)32)5-24-11-1-9(14(17,18)19)26-12-2-10(15(20,21)22)27-30(11)12/h1-4,24H,5-7H2,(H2,23,31,32). The van der Waals surface area contributed by atoms with Crippen LogP contribution in [0.5, 0.6) is 0 Å². The largest absolute Gasteiger partial charge is 0.435 e. The zero-order valence-electron chi connectivity index (χ0n) is 16.1. The van der Waals surface area contributed by atoms with Crippen molar-refractivity contribution in [3.63, 3.8) is 0 Å². The number of hydrogen-bond donors (Lipinski definition) is 2. The van der Waals surface area contributed by atoms with Crippen LogP contribution >= 0.6 is 0 Å². The van der Waals surface area contributed by atoms with Crippen molar-refractivity contribution in [3.8, 4) is 0 Å². The lowest BCUT2D eigenvalue weighted by molar-refractivity contribution is -0.142. The summed E-state index contributed by atoms with van der Waals surface area (Å²) in [5, 5.41) is 14.6. The minimum absolute atomic E-state index is 0.326. The van der Waals surface area contributed by atoms with E-state index in [1.54, 1.807) is 0 Å². The molecule has 0 saturated carbocycles. The van der Waals surface area contributed by atoms with Crippen LogP contribution in [0.1, 0.15) is 11.4 Å². The molecule has 3 aromatic heterocycles. The SMILES string of the molecule is NS(=O)(=O)N1CC(CNc2cc(C(F)(F)F)nc3cc(C(F)(F)F)nn23)(n2cc(F)cn2)C1. The quantitative estimate of drug-likeness (QED) is 0.509. The number of anilines is 1. The van der Waals surface area contributed by atoms with E-state index in [9.17, 15) is 39.2 Å². The molecule has 0 aromatic carbocycles. The molecular formula is C15H13F7N8O2S. The number of fused-ring (bicyclic) bond motifs is 1. The van der Waals surface area contributed by atoms with Gasteiger partial charge < -0.3 is 5.32 Å². The first-order valence-corrected chi connectivity index (χ1v) is 10.4. The van der Waals surface area contributed by atoms with Crippen molar-refractivity contribution in [2.24, 2.45) is 5.14 Å². The zero-order valence-corrected chi connectivity index (χ0v) is 16.9. The van der Waals surface area contributed by atoms with Crippen LogP contribution in [-0.2, 0) is 28.1 Å². The molecular weight excluding hydrogens is 489 g/mol. The molecule has 0 radical (unpaired) electrons. The van der Waals surface area contributed by atoms with Crippen LogP contribution in [0.4, 0.5) is 36.6 Å². The van der Waals surface area contributed by atoms with Gasteiger partial charge in [-0.3, -0.25) is 4.68 Å². The van der Waals surface area contributed by atoms with Crippen LogP contribution in [0.25, 0.3) is 5.65 Å². The second-order valence-corrected chi connectivity index (χ2v) is 8.86. The van der Waals surface area contributed by atoms with Gasteiger partial charge in [0.15, 0.2) is 22.9 Å². The van der Waals surface area contributed by atoms with Gasteiger partial charge in [-0.15, -0.1) is 0 Å². The maximum absolute atomic E-state index is 13.5. The number of aromatic nitrogens is 5. The van der Waals surface area contributed by atoms with E-state index in [0.29, 0.717) is 16.6 Å². The highest BCUT2D eigenvalue weighted by molar-refractivity contribution is 7.86. The molecule has 0 atom stereocenters. The minimum atomic E-state index is -4.98. The number of nitrogens with two attached hydrogens (primary N) is 1. The Bertz CT molecular complexity index is 1310. The Labute approximate surface area is 180 Å². The second kappa shape index (κ2) is 7.26. The Hall–Kier alpha value is -2.99. The highest BCUT2D eigenvalue weighted by atomic mass is 32.2. The lowest BCUT2D eigenvalue weighted by Crippen LogP contribution is -2.68. The summed E-state index contributed by atoms with van der Waals surface area (Å²) in [6, 6.07) is 0.804. The van der Waals surface area contributed by atoms with E-state index in [-0.39, 0.29) is 19.6 Å². The highest BCUT2D eigenvalue weighted by Gasteiger charge is 2.50. The first kappa shape index (κ1) is 23.2. The molecule has 18 heteroatoms. The van der Waals surface area contributed by atoms with Gasteiger partial charge in [-0.05, 0) is 0 Å². The van der Waals surface area contributed by atoms with Gasteiger partial charge in [0, 0.05) is 31.8 Å². The van der Waals surface area contributed by atoms with Gasteiger partial charge in [0.2, 0.25) is 0 Å². The van der Waals surface area contributed by atoms with Gasteiger partial charge in [0.25, 0.3) is 10.2 Å². The van der Waals surface area contributed by atoms with Crippen molar-refractivity contribution in [2.75, 3.05) is 25.0 Å². The molecule has 0 unspecified atom stereocenters. The third-order valence-corrected chi connectivity index (χ3v) is 5.92. The molecule has 1 aliphatic rings. The summed E-state index contributed by atoms with van der Waals surface area (Å²) in [7, 11) is -4.13. The maximum Gasteiger partial charge on any atom is 0.435 e. The summed E-state index contributed by atoms with van der Waals surface area (Å²) in [6.07, 6.45) is -8.16. The monoisotopic (exact) mass is 502 g/mol. The van der Waals surface area contributed by atoms with Crippen LogP contribution < -0.4 is 10.5 Å². The molecule has 1 fully saturated rings. The van der Waals surface area contributed by atoms with Crippen LogP contribution in [0.3, 0.4) is 0 Å². The van der Waals surface area contributed by atoms with Crippen molar-refractivity contribution < 1.29 is 39.2 Å². The van der Waals surface area contributed by atoms with Crippen molar-refractivity contribution >= 4 is 21.7 Å². The summed E-state index contributed by atoms with van der Waals surface area (Å²) < 4.78 is 118. The van der Waals surface area contributed by atoms with Crippen molar-refractivity contribution in [1.82, 2.24) is 28.7 Å². The highest BCUT2D eigenvalue weighted by Crippen LogP contribution is 2.35. The van der Waals surface area contributed by atoms with E-state index < -0.39 is 56.8 Å². The minimum Gasteiger partial charge on any atom is -0.367 e. The number of halogens is 7. The van der Waals surface area contributed by atoms with Crippen molar-refractivity contribution in [2.45, 2.75) is 17.9 Å². The first-order chi connectivity index (χ1) is 15.1. The molecule has 4 heterocycles. The van der Waals surface area contributed by atoms with Crippen molar-refractivity contribution in [3.05, 3.63) is 41.7 Å². The van der Waals surface area contributed by atoms with Gasteiger partial charge in [-0.2, -0.15) is 53.8 Å². The predicted molar refractivity (Wildman–Crippen MR) is 96.3 cm³/mol. The van der Waals surface area contributed by atoms with E-state index in [1.807, 2.05) is 0 Å². The molecule has 0 bridgehead atoms. The van der Waals surface area contributed by atoms with E-state index in [4.69, 9.17) is 5.14 Å². The normalized spacial score (nSPS) is 17.3. The van der Waals surface area contributed by atoms with Crippen molar-refractivity contribution in [1.29, 1.82) is 0 Å². The summed E-state index contributed by atoms with van der Waals surface area (Å²) in [5.41, 5.74) is -4.97. The van der Waals surface area contributed by atoms with Gasteiger partial charge >= 0.3 is 12.4 Å². The van der Waals surface area contributed by atoms with Crippen LogP contribution in [0.15, 0.2) is 24.5 Å². The summed E-state index contributed by atoms with van der Waals surface area (Å²) in [5.74, 6) is -1.28. The lowest BCUT2D eigenvalue weighted by Gasteiger charge is -2.48. The van der Waals surface area contributed by atoms with E-state index in [2.05, 4.69) is 20.5 Å². The molecule has 1 aliphatic heterocycles. The topological polar surface area (TPSA) is 123 Å². The molecule has 0 amide bonds. The van der Waals surface area contributed by atoms with E-state index >= 15 is 0 Å². The number of nitrogens with one attached hydrogen (secondary N) is 1. The third kappa shape index (κ3) is 4.32. The molecule has 33 heavy (non-hydrogen) atoms. The number of rotatable bonds is 5. The van der Waals surface area contributed by atoms with E-state index in [0.717, 1.165) is 21.4 Å². The first-order valence-electron chi connectivity index (χ1n) is 8.86. The summed E-state index contributed by atoms with van der Waals surface area (Å²) in [4.78, 5) is 3.19. The Morgan fingerprint density at radius 2 is 1.73 bits per heavy atom. The van der Waals surface area contributed by atoms with E-state index in [1.165, 1.54) is 0 Å². The second-order valence-electron chi connectivity index (χ2n) is 7.32. The smallest absolute Gasteiger partial charge is 0.367 e. The number of hydrogen-bond acceptors (Lipinski definition) is 6. The fourth-order valence-electron chi connectivity index (χ4n) is 3.33. The average molecular weight is 502 g/mol.